The summed E-state index contributed by atoms with van der Waals surface area (Å²) in [4.78, 5) is 19.6. The highest BCUT2D eigenvalue weighted by Gasteiger charge is 2.19. The van der Waals surface area contributed by atoms with Crippen LogP contribution in [0.15, 0.2) is 42.7 Å². The van der Waals surface area contributed by atoms with E-state index in [0.29, 0.717) is 5.82 Å². The molecule has 0 saturated carbocycles. The molecule has 0 saturated heterocycles. The Bertz CT molecular complexity index is 558. The van der Waals surface area contributed by atoms with Crippen LogP contribution in [0, 0.1) is 6.92 Å². The molecule has 1 heterocycles. The van der Waals surface area contributed by atoms with E-state index in [-0.39, 0.29) is 6.54 Å². The highest BCUT2D eigenvalue weighted by molar-refractivity contribution is 5.76. The summed E-state index contributed by atoms with van der Waals surface area (Å²) in [6, 6.07) is 9.15. The number of nitrogens with one attached hydrogen (secondary N) is 1. The molecule has 1 aromatic carbocycles. The summed E-state index contributed by atoms with van der Waals surface area (Å²) in [5, 5.41) is 12.3. The second kappa shape index (κ2) is 5.95. The Morgan fingerprint density at radius 2 is 1.95 bits per heavy atom. The van der Waals surface area contributed by atoms with Crippen LogP contribution in [-0.4, -0.2) is 27.6 Å². The van der Waals surface area contributed by atoms with Crippen LogP contribution in [0.1, 0.15) is 17.2 Å². The SMILES string of the molecule is Cc1nccnc1NCC(C(=O)O)c1ccccc1. The van der Waals surface area contributed by atoms with Crippen LogP contribution >= 0.6 is 0 Å². The van der Waals surface area contributed by atoms with E-state index in [0.717, 1.165) is 11.3 Å². The van der Waals surface area contributed by atoms with Crippen LogP contribution in [0.5, 0.6) is 0 Å². The summed E-state index contributed by atoms with van der Waals surface area (Å²) >= 11 is 0. The molecule has 2 N–H and O–H groups in total. The molecule has 2 rings (SSSR count). The first kappa shape index (κ1) is 13.0. The van der Waals surface area contributed by atoms with Crippen LogP contribution in [0.4, 0.5) is 5.82 Å². The number of aryl methyl sites for hydroxylation is 1. The number of carboxylic acids is 1. The van der Waals surface area contributed by atoms with Crippen molar-refractivity contribution in [2.45, 2.75) is 12.8 Å². The predicted molar refractivity (Wildman–Crippen MR) is 72.1 cm³/mol. The summed E-state index contributed by atoms with van der Waals surface area (Å²) in [7, 11) is 0. The highest BCUT2D eigenvalue weighted by atomic mass is 16.4. The zero-order valence-electron chi connectivity index (χ0n) is 10.6. The number of benzene rings is 1. The van der Waals surface area contributed by atoms with Crippen molar-refractivity contribution in [1.29, 1.82) is 0 Å². The van der Waals surface area contributed by atoms with Crippen molar-refractivity contribution < 1.29 is 9.90 Å². The molecule has 5 nitrogen and oxygen atoms in total. The molecule has 98 valence electrons. The Labute approximate surface area is 111 Å². The molecule has 0 fully saturated rings. The quantitative estimate of drug-likeness (QED) is 0.857. The van der Waals surface area contributed by atoms with Gasteiger partial charge in [0.1, 0.15) is 5.82 Å². The van der Waals surface area contributed by atoms with Gasteiger partial charge < -0.3 is 10.4 Å². The van der Waals surface area contributed by atoms with Gasteiger partial charge in [0.15, 0.2) is 0 Å². The number of carboxylic acid groups (broad SMARTS) is 1. The molecule has 2 aromatic rings. The number of rotatable bonds is 5. The van der Waals surface area contributed by atoms with Crippen molar-refractivity contribution in [3.8, 4) is 0 Å². The van der Waals surface area contributed by atoms with Crippen LogP contribution in [0.2, 0.25) is 0 Å². The minimum atomic E-state index is -0.861. The lowest BCUT2D eigenvalue weighted by molar-refractivity contribution is -0.138. The standard InChI is InChI=1S/C14H15N3O2/c1-10-13(16-8-7-15-10)17-9-12(14(18)19)11-5-3-2-4-6-11/h2-8,12H,9H2,1H3,(H,16,17)(H,18,19). The fourth-order valence-corrected chi connectivity index (χ4v) is 1.81. The number of aromatic nitrogens is 2. The van der Waals surface area contributed by atoms with Gasteiger partial charge in [0, 0.05) is 18.9 Å². The number of hydrogen-bond donors (Lipinski definition) is 2. The fourth-order valence-electron chi connectivity index (χ4n) is 1.81. The first-order chi connectivity index (χ1) is 9.18. The van der Waals surface area contributed by atoms with E-state index >= 15 is 0 Å². The summed E-state index contributed by atoms with van der Waals surface area (Å²) in [6.07, 6.45) is 3.18. The van der Waals surface area contributed by atoms with E-state index in [4.69, 9.17) is 0 Å². The monoisotopic (exact) mass is 257 g/mol. The van der Waals surface area contributed by atoms with Crippen LogP contribution in [0.3, 0.4) is 0 Å². The molecule has 0 radical (unpaired) electrons. The van der Waals surface area contributed by atoms with Crippen LogP contribution in [0.25, 0.3) is 0 Å². The molecule has 0 amide bonds. The Morgan fingerprint density at radius 3 is 2.58 bits per heavy atom. The Balaban J connectivity index is 2.11. The second-order valence-electron chi connectivity index (χ2n) is 4.17. The maximum absolute atomic E-state index is 11.3. The second-order valence-corrected chi connectivity index (χ2v) is 4.17. The van der Waals surface area contributed by atoms with E-state index in [1.165, 1.54) is 0 Å². The third kappa shape index (κ3) is 3.28. The third-order valence-corrected chi connectivity index (χ3v) is 2.85. The van der Waals surface area contributed by atoms with Crippen molar-refractivity contribution in [2.24, 2.45) is 0 Å². The zero-order valence-corrected chi connectivity index (χ0v) is 10.6. The van der Waals surface area contributed by atoms with Crippen molar-refractivity contribution in [1.82, 2.24) is 9.97 Å². The number of anilines is 1. The Morgan fingerprint density at radius 1 is 1.26 bits per heavy atom. The lowest BCUT2D eigenvalue weighted by Gasteiger charge is -2.14. The highest BCUT2D eigenvalue weighted by Crippen LogP contribution is 2.17. The molecular formula is C14H15N3O2. The van der Waals surface area contributed by atoms with Gasteiger partial charge >= 0.3 is 5.97 Å². The minimum Gasteiger partial charge on any atom is -0.481 e. The van der Waals surface area contributed by atoms with E-state index in [2.05, 4.69) is 15.3 Å². The van der Waals surface area contributed by atoms with Gasteiger partial charge in [-0.15, -0.1) is 0 Å². The summed E-state index contributed by atoms with van der Waals surface area (Å²) in [6.45, 7) is 2.10. The average molecular weight is 257 g/mol. The number of nitrogens with zero attached hydrogens (tertiary/aromatic N) is 2. The molecule has 1 unspecified atom stereocenters. The van der Waals surface area contributed by atoms with Crippen LogP contribution in [-0.2, 0) is 4.79 Å². The maximum Gasteiger partial charge on any atom is 0.312 e. The van der Waals surface area contributed by atoms with Crippen molar-refractivity contribution in [2.75, 3.05) is 11.9 Å². The average Bonchev–Trinajstić information content (AvgIpc) is 2.42. The van der Waals surface area contributed by atoms with Gasteiger partial charge in [0.25, 0.3) is 0 Å². The first-order valence-corrected chi connectivity index (χ1v) is 5.97. The topological polar surface area (TPSA) is 75.1 Å². The molecule has 0 aliphatic carbocycles. The normalized spacial score (nSPS) is 11.8. The van der Waals surface area contributed by atoms with Gasteiger partial charge in [0.2, 0.25) is 0 Å². The molecule has 19 heavy (non-hydrogen) atoms. The van der Waals surface area contributed by atoms with Crippen LogP contribution < -0.4 is 5.32 Å². The first-order valence-electron chi connectivity index (χ1n) is 5.97. The van der Waals surface area contributed by atoms with Gasteiger partial charge in [-0.05, 0) is 12.5 Å². The zero-order chi connectivity index (χ0) is 13.7. The van der Waals surface area contributed by atoms with Gasteiger partial charge in [0.05, 0.1) is 11.6 Å². The lowest BCUT2D eigenvalue weighted by Crippen LogP contribution is -2.21. The molecule has 0 spiro atoms. The third-order valence-electron chi connectivity index (χ3n) is 2.85. The lowest BCUT2D eigenvalue weighted by atomic mass is 9.99. The molecule has 5 heteroatoms. The van der Waals surface area contributed by atoms with Gasteiger partial charge in [-0.2, -0.15) is 0 Å². The number of carbonyl (C=O) groups is 1. The molecule has 0 aliphatic rings. The number of hydrogen-bond acceptors (Lipinski definition) is 4. The maximum atomic E-state index is 11.3. The van der Waals surface area contributed by atoms with Crippen molar-refractivity contribution in [3.63, 3.8) is 0 Å². The summed E-state index contributed by atoms with van der Waals surface area (Å²) < 4.78 is 0. The largest absolute Gasteiger partial charge is 0.481 e. The van der Waals surface area contributed by atoms with Gasteiger partial charge in [-0.25, -0.2) is 4.98 Å². The molecule has 1 aromatic heterocycles. The van der Waals surface area contributed by atoms with Gasteiger partial charge in [-0.3, -0.25) is 9.78 Å². The minimum absolute atomic E-state index is 0.277. The van der Waals surface area contributed by atoms with E-state index in [1.54, 1.807) is 12.4 Å². The van der Waals surface area contributed by atoms with Gasteiger partial charge in [-0.1, -0.05) is 30.3 Å². The van der Waals surface area contributed by atoms with E-state index in [1.807, 2.05) is 37.3 Å². The number of aliphatic carboxylic acids is 1. The smallest absolute Gasteiger partial charge is 0.312 e. The molecule has 0 bridgehead atoms. The summed E-state index contributed by atoms with van der Waals surface area (Å²) in [5.41, 5.74) is 1.52. The Hall–Kier alpha value is -2.43. The molecule has 1 atom stereocenters. The molecule has 0 aliphatic heterocycles. The predicted octanol–water partition coefficient (Wildman–Crippen LogP) is 2.07. The molecular weight excluding hydrogens is 242 g/mol. The Kier molecular flexibility index (Phi) is 4.07. The van der Waals surface area contributed by atoms with E-state index < -0.39 is 11.9 Å². The van der Waals surface area contributed by atoms with Crippen molar-refractivity contribution >= 4 is 11.8 Å². The summed E-state index contributed by atoms with van der Waals surface area (Å²) in [5.74, 6) is -0.854. The van der Waals surface area contributed by atoms with Crippen molar-refractivity contribution in [3.05, 3.63) is 54.0 Å². The fraction of sp³-hybridized carbons (Fsp3) is 0.214. The van der Waals surface area contributed by atoms with E-state index in [9.17, 15) is 9.90 Å².